The summed E-state index contributed by atoms with van der Waals surface area (Å²) >= 11 is 7.40. The Morgan fingerprint density at radius 3 is 2.95 bits per heavy atom. The van der Waals surface area contributed by atoms with Gasteiger partial charge >= 0.3 is 0 Å². The van der Waals surface area contributed by atoms with Gasteiger partial charge in [0.15, 0.2) is 5.16 Å². The van der Waals surface area contributed by atoms with E-state index in [0.717, 1.165) is 18.1 Å². The van der Waals surface area contributed by atoms with Gasteiger partial charge in [0.25, 0.3) is 0 Å². The molecule has 0 spiro atoms. The number of para-hydroxylation sites is 1. The maximum atomic E-state index is 12.0. The number of anilines is 1. The van der Waals surface area contributed by atoms with Gasteiger partial charge in [0.05, 0.1) is 16.5 Å². The lowest BCUT2D eigenvalue weighted by Gasteiger charge is -2.07. The van der Waals surface area contributed by atoms with Crippen molar-refractivity contribution in [1.82, 2.24) is 14.8 Å². The van der Waals surface area contributed by atoms with Gasteiger partial charge in [-0.2, -0.15) is 0 Å². The van der Waals surface area contributed by atoms with E-state index in [1.165, 1.54) is 24.6 Å². The molecular formula is C15H19ClN4OS. The molecule has 0 unspecified atom stereocenters. The lowest BCUT2D eigenvalue weighted by Crippen LogP contribution is -2.14. The second kappa shape index (κ2) is 8.80. The molecule has 1 heterocycles. The fraction of sp³-hybridized carbons (Fsp3) is 0.400. The number of nitrogens with zero attached hydrogens (tertiary/aromatic N) is 3. The van der Waals surface area contributed by atoms with E-state index in [1.807, 2.05) is 16.7 Å². The van der Waals surface area contributed by atoms with Crippen molar-refractivity contribution < 1.29 is 4.79 Å². The third kappa shape index (κ3) is 5.03. The molecule has 1 amide bonds. The van der Waals surface area contributed by atoms with Crippen molar-refractivity contribution in [2.24, 2.45) is 0 Å². The average Bonchev–Trinajstić information content (AvgIpc) is 2.95. The van der Waals surface area contributed by atoms with Crippen molar-refractivity contribution in [2.75, 3.05) is 11.1 Å². The van der Waals surface area contributed by atoms with Crippen LogP contribution in [0.4, 0.5) is 5.69 Å². The van der Waals surface area contributed by atoms with Crippen molar-refractivity contribution in [2.45, 2.75) is 37.9 Å². The van der Waals surface area contributed by atoms with Crippen LogP contribution in [-0.2, 0) is 11.3 Å². The second-order valence-corrected chi connectivity index (χ2v) is 6.18. The monoisotopic (exact) mass is 338 g/mol. The van der Waals surface area contributed by atoms with Crippen LogP contribution in [0.1, 0.15) is 26.2 Å². The first kappa shape index (κ1) is 16.8. The van der Waals surface area contributed by atoms with E-state index in [0.29, 0.717) is 10.7 Å². The zero-order valence-electron chi connectivity index (χ0n) is 12.5. The molecule has 1 aromatic heterocycles. The molecule has 0 aliphatic carbocycles. The molecule has 2 rings (SSSR count). The Morgan fingerprint density at radius 1 is 1.36 bits per heavy atom. The maximum Gasteiger partial charge on any atom is 0.234 e. The standard InChI is InChI=1S/C15H19ClN4OS/c1-2-3-6-9-20-11-17-19-15(20)22-10-14(21)18-13-8-5-4-7-12(13)16/h4-5,7-8,11H,2-3,6,9-10H2,1H3,(H,18,21). The van der Waals surface area contributed by atoms with Crippen LogP contribution in [0.25, 0.3) is 0 Å². The van der Waals surface area contributed by atoms with E-state index in [2.05, 4.69) is 22.4 Å². The average molecular weight is 339 g/mol. The molecule has 1 aromatic carbocycles. The number of hydrogen-bond acceptors (Lipinski definition) is 4. The largest absolute Gasteiger partial charge is 0.324 e. The number of carbonyl (C=O) groups is 1. The Hall–Kier alpha value is -1.53. The molecule has 0 atom stereocenters. The highest BCUT2D eigenvalue weighted by atomic mass is 35.5. The molecule has 22 heavy (non-hydrogen) atoms. The molecule has 1 N–H and O–H groups in total. The fourth-order valence-electron chi connectivity index (χ4n) is 1.92. The molecule has 0 bridgehead atoms. The van der Waals surface area contributed by atoms with E-state index in [1.54, 1.807) is 18.5 Å². The van der Waals surface area contributed by atoms with Crippen LogP contribution in [0.3, 0.4) is 0 Å². The van der Waals surface area contributed by atoms with Gasteiger partial charge in [0.1, 0.15) is 6.33 Å². The van der Waals surface area contributed by atoms with E-state index in [4.69, 9.17) is 11.6 Å². The summed E-state index contributed by atoms with van der Waals surface area (Å²) in [6, 6.07) is 7.18. The molecule has 0 aliphatic heterocycles. The summed E-state index contributed by atoms with van der Waals surface area (Å²) < 4.78 is 1.99. The van der Waals surface area contributed by atoms with E-state index < -0.39 is 0 Å². The number of unbranched alkanes of at least 4 members (excludes halogenated alkanes) is 2. The lowest BCUT2D eigenvalue weighted by molar-refractivity contribution is -0.113. The molecule has 0 fully saturated rings. The SMILES string of the molecule is CCCCCn1cnnc1SCC(=O)Nc1ccccc1Cl. The summed E-state index contributed by atoms with van der Waals surface area (Å²) in [5, 5.41) is 12.1. The van der Waals surface area contributed by atoms with E-state index in [-0.39, 0.29) is 11.7 Å². The van der Waals surface area contributed by atoms with Crippen molar-refractivity contribution >= 4 is 35.0 Å². The summed E-state index contributed by atoms with van der Waals surface area (Å²) in [4.78, 5) is 12.0. The number of amides is 1. The van der Waals surface area contributed by atoms with Crippen LogP contribution in [-0.4, -0.2) is 26.4 Å². The topological polar surface area (TPSA) is 59.8 Å². The summed E-state index contributed by atoms with van der Waals surface area (Å²) in [5.74, 6) is 0.165. The van der Waals surface area contributed by atoms with Gasteiger partial charge in [-0.15, -0.1) is 10.2 Å². The number of aromatic nitrogens is 3. The number of hydrogen-bond donors (Lipinski definition) is 1. The first-order valence-electron chi connectivity index (χ1n) is 7.25. The lowest BCUT2D eigenvalue weighted by atomic mass is 10.2. The van der Waals surface area contributed by atoms with Gasteiger partial charge in [-0.1, -0.05) is 55.3 Å². The molecular weight excluding hydrogens is 320 g/mol. The van der Waals surface area contributed by atoms with Crippen LogP contribution in [0.2, 0.25) is 5.02 Å². The smallest absolute Gasteiger partial charge is 0.234 e. The molecule has 0 aliphatic rings. The highest BCUT2D eigenvalue weighted by molar-refractivity contribution is 7.99. The van der Waals surface area contributed by atoms with Gasteiger partial charge in [0, 0.05) is 6.54 Å². The molecule has 0 saturated carbocycles. The fourth-order valence-corrected chi connectivity index (χ4v) is 2.85. The molecule has 0 radical (unpaired) electrons. The normalized spacial score (nSPS) is 10.6. The van der Waals surface area contributed by atoms with Gasteiger partial charge in [-0.25, -0.2) is 0 Å². The second-order valence-electron chi connectivity index (χ2n) is 4.83. The minimum absolute atomic E-state index is 0.110. The molecule has 0 saturated heterocycles. The van der Waals surface area contributed by atoms with Crippen LogP contribution < -0.4 is 5.32 Å². The molecule has 5 nitrogen and oxygen atoms in total. The molecule has 2 aromatic rings. The van der Waals surface area contributed by atoms with Crippen molar-refractivity contribution in [3.05, 3.63) is 35.6 Å². The van der Waals surface area contributed by atoms with Crippen LogP contribution >= 0.6 is 23.4 Å². The van der Waals surface area contributed by atoms with Gasteiger partial charge < -0.3 is 9.88 Å². The van der Waals surface area contributed by atoms with Crippen molar-refractivity contribution in [3.63, 3.8) is 0 Å². The predicted molar refractivity (Wildman–Crippen MR) is 90.4 cm³/mol. The highest BCUT2D eigenvalue weighted by Crippen LogP contribution is 2.21. The van der Waals surface area contributed by atoms with Crippen molar-refractivity contribution in [1.29, 1.82) is 0 Å². The highest BCUT2D eigenvalue weighted by Gasteiger charge is 2.10. The minimum atomic E-state index is -0.110. The number of thioether (sulfide) groups is 1. The molecule has 118 valence electrons. The minimum Gasteiger partial charge on any atom is -0.324 e. The van der Waals surface area contributed by atoms with Crippen LogP contribution in [0.15, 0.2) is 35.7 Å². The van der Waals surface area contributed by atoms with E-state index >= 15 is 0 Å². The Bertz CT molecular complexity index is 617. The van der Waals surface area contributed by atoms with Crippen molar-refractivity contribution in [3.8, 4) is 0 Å². The Labute approximate surface area is 139 Å². The zero-order valence-corrected chi connectivity index (χ0v) is 14.0. The van der Waals surface area contributed by atoms with E-state index in [9.17, 15) is 4.79 Å². The Kier molecular flexibility index (Phi) is 6.74. The molecule has 7 heteroatoms. The number of nitrogens with one attached hydrogen (secondary N) is 1. The van der Waals surface area contributed by atoms with Crippen LogP contribution in [0.5, 0.6) is 0 Å². The summed E-state index contributed by atoms with van der Waals surface area (Å²) in [7, 11) is 0. The Balaban J connectivity index is 1.84. The quantitative estimate of drug-likeness (QED) is 0.586. The maximum absolute atomic E-state index is 12.0. The summed E-state index contributed by atoms with van der Waals surface area (Å²) in [6.07, 6.45) is 5.15. The van der Waals surface area contributed by atoms with Crippen LogP contribution in [0, 0.1) is 0 Å². The third-order valence-corrected chi connectivity index (χ3v) is 4.37. The summed E-state index contributed by atoms with van der Waals surface area (Å²) in [5.41, 5.74) is 0.624. The predicted octanol–water partition coefficient (Wildman–Crippen LogP) is 3.85. The first-order valence-corrected chi connectivity index (χ1v) is 8.62. The van der Waals surface area contributed by atoms with Gasteiger partial charge in [-0.05, 0) is 18.6 Å². The number of carbonyl (C=O) groups excluding carboxylic acids is 1. The number of rotatable bonds is 8. The first-order chi connectivity index (χ1) is 10.7. The number of aryl methyl sites for hydroxylation is 1. The third-order valence-electron chi connectivity index (χ3n) is 3.06. The Morgan fingerprint density at radius 2 is 2.18 bits per heavy atom. The summed E-state index contributed by atoms with van der Waals surface area (Å²) in [6.45, 7) is 3.05. The van der Waals surface area contributed by atoms with Gasteiger partial charge in [-0.3, -0.25) is 4.79 Å². The zero-order chi connectivity index (χ0) is 15.8. The number of halogens is 1. The van der Waals surface area contributed by atoms with Gasteiger partial charge in [0.2, 0.25) is 5.91 Å². The number of benzene rings is 1.